The molecule has 1 unspecified atom stereocenters. The monoisotopic (exact) mass is 496 g/mol. The van der Waals surface area contributed by atoms with E-state index in [-0.39, 0.29) is 31.0 Å². The van der Waals surface area contributed by atoms with Gasteiger partial charge in [0.1, 0.15) is 12.6 Å². The Morgan fingerprint density at radius 1 is 1.06 bits per heavy atom. The van der Waals surface area contributed by atoms with Gasteiger partial charge in [-0.15, -0.1) is 11.8 Å². The van der Waals surface area contributed by atoms with Gasteiger partial charge in [0.15, 0.2) is 0 Å². The van der Waals surface area contributed by atoms with E-state index in [0.29, 0.717) is 25.9 Å². The molecule has 1 aromatic carbocycles. The summed E-state index contributed by atoms with van der Waals surface area (Å²) in [5.41, 5.74) is 2.87. The maximum Gasteiger partial charge on any atom is 0.311 e. The van der Waals surface area contributed by atoms with Gasteiger partial charge >= 0.3 is 5.97 Å². The first-order valence-corrected chi connectivity index (χ1v) is 13.1. The van der Waals surface area contributed by atoms with Gasteiger partial charge in [-0.3, -0.25) is 14.4 Å². The molecule has 0 radical (unpaired) electrons. The van der Waals surface area contributed by atoms with E-state index in [4.69, 9.17) is 4.74 Å². The third-order valence-electron chi connectivity index (χ3n) is 7.83. The summed E-state index contributed by atoms with van der Waals surface area (Å²) in [6.45, 7) is 6.94. The predicted molar refractivity (Wildman–Crippen MR) is 135 cm³/mol. The Morgan fingerprint density at radius 3 is 2.51 bits per heavy atom. The minimum absolute atomic E-state index is 0.0240. The standard InChI is InChI=1S/C27H32N2O5S/c1-17-9-6-10-18(2)21(17)28-14-7-12-27-19(20-25(33)34-16-8-11-26(20,3)35-27)23(31)29(13-4-5-15-30)22(27)24(28)32/h6-12,19-20,22,30H,4-5,13-16H2,1-3H3/t19-,20-,22?,26+,27-/m0/s1. The molecule has 2 saturated heterocycles. The minimum Gasteiger partial charge on any atom is -0.461 e. The number of esters is 1. The van der Waals surface area contributed by atoms with Crippen molar-refractivity contribution in [2.24, 2.45) is 11.8 Å². The fourth-order valence-electron chi connectivity index (χ4n) is 6.42. The van der Waals surface area contributed by atoms with Crippen LogP contribution in [0, 0.1) is 25.7 Å². The molecule has 5 rings (SSSR count). The normalized spacial score (nSPS) is 33.8. The Morgan fingerprint density at radius 2 is 1.80 bits per heavy atom. The molecule has 1 N–H and O–H groups in total. The summed E-state index contributed by atoms with van der Waals surface area (Å²) in [6.07, 6.45) is 8.94. The molecule has 4 aliphatic heterocycles. The molecule has 1 spiro atoms. The molecule has 0 aromatic heterocycles. The van der Waals surface area contributed by atoms with Crippen LogP contribution in [0.1, 0.15) is 30.9 Å². The number of nitrogens with zero attached hydrogens (tertiary/aromatic N) is 2. The first kappa shape index (κ1) is 24.1. The average molecular weight is 497 g/mol. The molecule has 2 fully saturated rings. The summed E-state index contributed by atoms with van der Waals surface area (Å²) in [4.78, 5) is 45.1. The number of amides is 2. The zero-order valence-corrected chi connectivity index (χ0v) is 21.2. The third-order valence-corrected chi connectivity index (χ3v) is 9.63. The largest absolute Gasteiger partial charge is 0.461 e. The molecular weight excluding hydrogens is 464 g/mol. The number of thioether (sulfide) groups is 1. The summed E-state index contributed by atoms with van der Waals surface area (Å²) in [7, 11) is 0. The molecule has 0 aliphatic carbocycles. The van der Waals surface area contributed by atoms with Crippen molar-refractivity contribution in [3.63, 3.8) is 0 Å². The molecular formula is C27H32N2O5S. The number of hydrogen-bond donors (Lipinski definition) is 1. The number of carbonyl (C=O) groups is 3. The zero-order chi connectivity index (χ0) is 25.0. The molecule has 4 heterocycles. The van der Waals surface area contributed by atoms with Crippen LogP contribution < -0.4 is 4.90 Å². The number of likely N-dealkylation sites (tertiary alicyclic amines) is 1. The summed E-state index contributed by atoms with van der Waals surface area (Å²) in [6, 6.07) is 5.22. The smallest absolute Gasteiger partial charge is 0.311 e. The predicted octanol–water partition coefficient (Wildman–Crippen LogP) is 2.78. The van der Waals surface area contributed by atoms with Crippen molar-refractivity contribution >= 4 is 35.2 Å². The third kappa shape index (κ3) is 3.56. The zero-order valence-electron chi connectivity index (χ0n) is 20.4. The van der Waals surface area contributed by atoms with Crippen LogP contribution in [0.15, 0.2) is 42.5 Å². The first-order chi connectivity index (χ1) is 16.7. The van der Waals surface area contributed by atoms with Crippen LogP contribution in [0.4, 0.5) is 5.69 Å². The van der Waals surface area contributed by atoms with E-state index >= 15 is 0 Å². The number of hydrogen-bond acceptors (Lipinski definition) is 6. The summed E-state index contributed by atoms with van der Waals surface area (Å²) >= 11 is 1.55. The first-order valence-electron chi connectivity index (χ1n) is 12.3. The number of fused-ring (bicyclic) bond motifs is 2. The van der Waals surface area contributed by atoms with Crippen molar-refractivity contribution < 1.29 is 24.2 Å². The number of unbranched alkanes of at least 4 members (excludes halogenated alkanes) is 1. The van der Waals surface area contributed by atoms with Gasteiger partial charge in [0.25, 0.3) is 5.91 Å². The fourth-order valence-corrected chi connectivity index (χ4v) is 8.57. The molecule has 0 bridgehead atoms. The van der Waals surface area contributed by atoms with Crippen molar-refractivity contribution in [1.82, 2.24) is 4.90 Å². The number of anilines is 1. The Hall–Kier alpha value is -2.58. The summed E-state index contributed by atoms with van der Waals surface area (Å²) < 4.78 is 3.94. The maximum atomic E-state index is 14.4. The van der Waals surface area contributed by atoms with Gasteiger partial charge in [-0.1, -0.05) is 36.4 Å². The van der Waals surface area contributed by atoms with E-state index in [1.807, 2.05) is 63.3 Å². The molecule has 8 heteroatoms. The van der Waals surface area contributed by atoms with Crippen LogP contribution in [0.2, 0.25) is 0 Å². The van der Waals surface area contributed by atoms with Crippen molar-refractivity contribution in [1.29, 1.82) is 0 Å². The number of cyclic esters (lactones) is 1. The highest BCUT2D eigenvalue weighted by molar-refractivity contribution is 8.02. The SMILES string of the molecule is Cc1cccc(C)c1N1CC=C[C@]23S[C@]4(C)C=CCOC(=O)[C@@H]4[C@H]2C(=O)N(CCCCO)C3C1=O. The summed E-state index contributed by atoms with van der Waals surface area (Å²) in [5.74, 6) is -2.05. The number of ether oxygens (including phenoxy) is 1. The van der Waals surface area contributed by atoms with Crippen LogP contribution >= 0.6 is 11.8 Å². The number of aryl methyl sites for hydroxylation is 2. The molecule has 186 valence electrons. The molecule has 0 saturated carbocycles. The highest BCUT2D eigenvalue weighted by Crippen LogP contribution is 2.65. The number of aliphatic hydroxyl groups excluding tert-OH is 1. The second kappa shape index (κ2) is 8.82. The van der Waals surface area contributed by atoms with Crippen molar-refractivity contribution in [3.05, 3.63) is 53.6 Å². The van der Waals surface area contributed by atoms with E-state index in [9.17, 15) is 19.5 Å². The van der Waals surface area contributed by atoms with E-state index in [2.05, 4.69) is 0 Å². The van der Waals surface area contributed by atoms with Crippen LogP contribution in [0.5, 0.6) is 0 Å². The lowest BCUT2D eigenvalue weighted by Gasteiger charge is -2.37. The lowest BCUT2D eigenvalue weighted by molar-refractivity contribution is -0.152. The molecule has 2 amide bonds. The van der Waals surface area contributed by atoms with E-state index in [1.54, 1.807) is 21.6 Å². The molecule has 1 aromatic rings. The second-order valence-electron chi connectivity index (χ2n) is 10.1. The molecule has 35 heavy (non-hydrogen) atoms. The number of benzene rings is 1. The van der Waals surface area contributed by atoms with Gasteiger partial charge in [0, 0.05) is 30.1 Å². The van der Waals surface area contributed by atoms with Crippen molar-refractivity contribution in [2.75, 3.05) is 31.2 Å². The number of carbonyl (C=O) groups excluding carboxylic acids is 3. The molecule has 4 aliphatic rings. The maximum absolute atomic E-state index is 14.4. The highest BCUT2D eigenvalue weighted by Gasteiger charge is 2.74. The van der Waals surface area contributed by atoms with Gasteiger partial charge in [-0.2, -0.15) is 0 Å². The van der Waals surface area contributed by atoms with Crippen molar-refractivity contribution in [3.8, 4) is 0 Å². The quantitative estimate of drug-likeness (QED) is 0.383. The van der Waals surface area contributed by atoms with Gasteiger partial charge in [-0.05, 0) is 50.8 Å². The Bertz CT molecular complexity index is 1110. The number of aliphatic hydroxyl groups is 1. The fraction of sp³-hybridized carbons (Fsp3) is 0.519. The Kier molecular flexibility index (Phi) is 6.08. The lowest BCUT2D eigenvalue weighted by atomic mass is 9.75. The number of para-hydroxylation sites is 1. The van der Waals surface area contributed by atoms with Crippen LogP contribution in [0.25, 0.3) is 0 Å². The van der Waals surface area contributed by atoms with Gasteiger partial charge in [0.2, 0.25) is 5.91 Å². The Balaban J connectivity index is 1.65. The van der Waals surface area contributed by atoms with Crippen LogP contribution in [-0.4, -0.2) is 69.6 Å². The minimum atomic E-state index is -0.876. The lowest BCUT2D eigenvalue weighted by Crippen LogP contribution is -2.53. The average Bonchev–Trinajstić information content (AvgIpc) is 3.06. The van der Waals surface area contributed by atoms with Gasteiger partial charge < -0.3 is 19.6 Å². The van der Waals surface area contributed by atoms with Gasteiger partial charge in [0.05, 0.1) is 16.6 Å². The van der Waals surface area contributed by atoms with E-state index < -0.39 is 27.4 Å². The van der Waals surface area contributed by atoms with Gasteiger partial charge in [-0.25, -0.2) is 0 Å². The van der Waals surface area contributed by atoms with Crippen LogP contribution in [0.3, 0.4) is 0 Å². The summed E-state index contributed by atoms with van der Waals surface area (Å²) in [5, 5.41) is 9.34. The second-order valence-corrected chi connectivity index (χ2v) is 11.9. The number of rotatable bonds is 5. The molecule has 5 atom stereocenters. The topological polar surface area (TPSA) is 87.2 Å². The molecule has 7 nitrogen and oxygen atoms in total. The van der Waals surface area contributed by atoms with E-state index in [0.717, 1.165) is 16.8 Å². The van der Waals surface area contributed by atoms with Crippen molar-refractivity contribution in [2.45, 2.75) is 49.1 Å². The Labute approximate surface area is 210 Å². The van der Waals surface area contributed by atoms with E-state index in [1.165, 1.54) is 0 Å². The van der Waals surface area contributed by atoms with Crippen LogP contribution in [-0.2, 0) is 19.1 Å². The highest BCUT2D eigenvalue weighted by atomic mass is 32.2.